The van der Waals surface area contributed by atoms with E-state index in [1.54, 1.807) is 0 Å². The molecule has 0 spiro atoms. The fourth-order valence-electron chi connectivity index (χ4n) is 6.08. The molecule has 2 aromatic rings. The molecule has 19 heteroatoms. The summed E-state index contributed by atoms with van der Waals surface area (Å²) in [5, 5.41) is 113. The van der Waals surface area contributed by atoms with Crippen molar-refractivity contribution in [3.8, 4) is 23.0 Å². The van der Waals surface area contributed by atoms with E-state index < -0.39 is 116 Å². The Balaban J connectivity index is 1.43. The molecule has 54 heavy (non-hydrogen) atoms. The largest absolute Gasteiger partial charge is 0.504 e. The zero-order valence-corrected chi connectivity index (χ0v) is 29.1. The van der Waals surface area contributed by atoms with E-state index in [2.05, 4.69) is 0 Å². The normalized spacial score (nSPS) is 37.3. The minimum absolute atomic E-state index is 0.134. The first-order valence-corrected chi connectivity index (χ1v) is 17.1. The lowest BCUT2D eigenvalue weighted by Gasteiger charge is -2.47. The van der Waals surface area contributed by atoms with E-state index in [4.69, 9.17) is 33.2 Å². The highest BCUT2D eigenvalue weighted by molar-refractivity contribution is 5.87. The van der Waals surface area contributed by atoms with Gasteiger partial charge in [0.2, 0.25) is 0 Å². The highest BCUT2D eigenvalue weighted by Crippen LogP contribution is 2.33. The number of phenols is 4. The summed E-state index contributed by atoms with van der Waals surface area (Å²) in [6, 6.07) is 7.83. The van der Waals surface area contributed by atoms with E-state index in [1.165, 1.54) is 56.3 Å². The van der Waals surface area contributed by atoms with Gasteiger partial charge in [-0.1, -0.05) is 12.1 Å². The molecule has 0 aromatic heterocycles. The number of benzene rings is 2. The van der Waals surface area contributed by atoms with Gasteiger partial charge in [-0.05, 0) is 61.7 Å². The van der Waals surface area contributed by atoms with Crippen LogP contribution in [0.2, 0.25) is 0 Å². The van der Waals surface area contributed by atoms with Crippen LogP contribution in [0.15, 0.2) is 42.5 Å². The quantitative estimate of drug-likeness (QED) is 0.0622. The van der Waals surface area contributed by atoms with Crippen LogP contribution in [0.3, 0.4) is 0 Å². The molecular formula is C35H46O19. The van der Waals surface area contributed by atoms with Crippen LogP contribution < -0.4 is 0 Å². The molecule has 3 aliphatic heterocycles. The van der Waals surface area contributed by atoms with Crippen LogP contribution >= 0.6 is 0 Å². The minimum Gasteiger partial charge on any atom is -0.504 e. The Morgan fingerprint density at radius 2 is 1.22 bits per heavy atom. The van der Waals surface area contributed by atoms with Crippen molar-refractivity contribution in [1.29, 1.82) is 0 Å². The third kappa shape index (κ3) is 9.58. The number of phenolic OH excluding ortho intramolecular Hbond substituents is 4. The van der Waals surface area contributed by atoms with Gasteiger partial charge in [0.1, 0.15) is 54.9 Å². The first-order chi connectivity index (χ1) is 25.5. The summed E-state index contributed by atoms with van der Waals surface area (Å²) in [6.45, 7) is 2.06. The van der Waals surface area contributed by atoms with Gasteiger partial charge in [-0.3, -0.25) is 0 Å². The maximum atomic E-state index is 13.3. The van der Waals surface area contributed by atoms with Crippen LogP contribution in [-0.4, -0.2) is 167 Å². The minimum atomic E-state index is -1.86. The Morgan fingerprint density at radius 3 is 1.85 bits per heavy atom. The van der Waals surface area contributed by atoms with Crippen LogP contribution in [-0.2, 0) is 44.4 Å². The molecule has 2 aromatic carbocycles. The standard InChI is InChI=1S/C35H46O19/c1-14-24(41)26(43)28(45)33(50-14)49-13-22-31(53-23(40)8-5-16-3-6-18(36)20(38)11-16)32(54-35-29(46)27(44)25(42)15(2)51-35)30(47)34(52-22)48-10-9-17-4-7-19(37)21(39)12-17/h3-8,11-12,14-15,22,24-39,41-47H,9-10,13H2,1-2H3/b8-5+/t14-,15-,22+,24+,25-,26-,27+,28-,29+,30+,31+,32+,33-,34+,35+/m1/s1. The second-order valence-corrected chi connectivity index (χ2v) is 13.3. The smallest absolute Gasteiger partial charge is 0.331 e. The molecule has 0 amide bonds. The second-order valence-electron chi connectivity index (χ2n) is 13.3. The summed E-state index contributed by atoms with van der Waals surface area (Å²) in [5.41, 5.74) is 0.811. The summed E-state index contributed by atoms with van der Waals surface area (Å²) < 4.78 is 40.4. The monoisotopic (exact) mass is 770 g/mol. The van der Waals surface area contributed by atoms with Gasteiger partial charge in [0.25, 0.3) is 0 Å². The molecule has 3 saturated heterocycles. The number of ether oxygens (including phenoxy) is 7. The van der Waals surface area contributed by atoms with E-state index in [9.17, 15) is 61.0 Å². The maximum absolute atomic E-state index is 13.3. The molecule has 0 radical (unpaired) electrons. The van der Waals surface area contributed by atoms with E-state index in [1.807, 2.05) is 0 Å². The lowest BCUT2D eigenvalue weighted by molar-refractivity contribution is -0.363. The van der Waals surface area contributed by atoms with Gasteiger partial charge in [-0.15, -0.1) is 0 Å². The maximum Gasteiger partial charge on any atom is 0.331 e. The lowest BCUT2D eigenvalue weighted by Crippen LogP contribution is -2.65. The summed E-state index contributed by atoms with van der Waals surface area (Å²) >= 11 is 0. The number of aromatic hydroxyl groups is 4. The van der Waals surface area contributed by atoms with Crippen molar-refractivity contribution in [2.75, 3.05) is 13.2 Å². The van der Waals surface area contributed by atoms with Crippen molar-refractivity contribution >= 4 is 12.0 Å². The molecule has 300 valence electrons. The van der Waals surface area contributed by atoms with Crippen LogP contribution in [0.4, 0.5) is 0 Å². The molecule has 5 rings (SSSR count). The number of hydrogen-bond donors (Lipinski definition) is 11. The van der Waals surface area contributed by atoms with Gasteiger partial charge in [-0.25, -0.2) is 4.79 Å². The molecule has 11 N–H and O–H groups in total. The van der Waals surface area contributed by atoms with Gasteiger partial charge in [0, 0.05) is 6.08 Å². The van der Waals surface area contributed by atoms with Crippen LogP contribution in [0.25, 0.3) is 6.08 Å². The average Bonchev–Trinajstić information content (AvgIpc) is 3.14. The Bertz CT molecular complexity index is 1590. The lowest BCUT2D eigenvalue weighted by atomic mass is 9.96. The molecule has 0 saturated carbocycles. The van der Waals surface area contributed by atoms with Gasteiger partial charge in [0.15, 0.2) is 48.0 Å². The average molecular weight is 771 g/mol. The van der Waals surface area contributed by atoms with Gasteiger partial charge in [-0.2, -0.15) is 0 Å². The third-order valence-corrected chi connectivity index (χ3v) is 9.32. The van der Waals surface area contributed by atoms with Crippen LogP contribution in [0, 0.1) is 0 Å². The van der Waals surface area contributed by atoms with Crippen molar-refractivity contribution in [3.05, 3.63) is 53.6 Å². The molecule has 0 bridgehead atoms. The zero-order chi connectivity index (χ0) is 39.4. The van der Waals surface area contributed by atoms with Crippen molar-refractivity contribution in [2.24, 2.45) is 0 Å². The van der Waals surface area contributed by atoms with Crippen molar-refractivity contribution < 1.29 is 94.1 Å². The topological polar surface area (TPSA) is 304 Å². The summed E-state index contributed by atoms with van der Waals surface area (Å²) in [6.07, 6.45) is -21.1. The molecule has 3 fully saturated rings. The van der Waals surface area contributed by atoms with Crippen LogP contribution in [0.1, 0.15) is 25.0 Å². The third-order valence-electron chi connectivity index (χ3n) is 9.32. The number of aliphatic hydroxyl groups excluding tert-OH is 7. The molecule has 0 aliphatic carbocycles. The van der Waals surface area contributed by atoms with Gasteiger partial charge >= 0.3 is 5.97 Å². The van der Waals surface area contributed by atoms with E-state index >= 15 is 0 Å². The number of carbonyl (C=O) groups is 1. The molecule has 19 nitrogen and oxygen atoms in total. The Labute approximate surface area is 308 Å². The molecule has 0 unspecified atom stereocenters. The Hall–Kier alpha value is -3.67. The first kappa shape index (κ1) is 41.5. The van der Waals surface area contributed by atoms with Crippen molar-refractivity contribution in [3.63, 3.8) is 0 Å². The predicted molar refractivity (Wildman–Crippen MR) is 178 cm³/mol. The summed E-state index contributed by atoms with van der Waals surface area (Å²) in [5.74, 6) is -2.62. The number of hydrogen-bond acceptors (Lipinski definition) is 19. The summed E-state index contributed by atoms with van der Waals surface area (Å²) in [4.78, 5) is 13.3. The van der Waals surface area contributed by atoms with E-state index in [-0.39, 0.29) is 30.1 Å². The molecule has 3 aliphatic rings. The number of aliphatic hydroxyl groups is 7. The summed E-state index contributed by atoms with van der Waals surface area (Å²) in [7, 11) is 0. The molecule has 15 atom stereocenters. The van der Waals surface area contributed by atoms with Crippen LogP contribution in [0.5, 0.6) is 23.0 Å². The van der Waals surface area contributed by atoms with Gasteiger partial charge < -0.3 is 89.3 Å². The zero-order valence-electron chi connectivity index (χ0n) is 29.1. The number of carbonyl (C=O) groups excluding carboxylic acids is 1. The Morgan fingerprint density at radius 1 is 0.648 bits per heavy atom. The van der Waals surface area contributed by atoms with E-state index in [0.717, 1.165) is 6.08 Å². The SMILES string of the molecule is C[C@H]1O[C@@H](OC[C@@H]2O[C@H](OCCc3ccc(O)c(O)c3)[C@@H](O)[C@H](O[C@@H]3O[C@H](C)[C@@H](O)[C@H](O)[C@@H]3O)[C@H]2OC(=O)/C=C/c2ccc(O)c(O)c2)[C@H](O)[C@H](O)[C@H]1O. The molecular weight excluding hydrogens is 724 g/mol. The Kier molecular flexibility index (Phi) is 13.7. The number of rotatable bonds is 12. The van der Waals surface area contributed by atoms with Gasteiger partial charge in [0.05, 0.1) is 25.4 Å². The highest BCUT2D eigenvalue weighted by atomic mass is 16.8. The van der Waals surface area contributed by atoms with Crippen molar-refractivity contribution in [1.82, 2.24) is 0 Å². The fraction of sp³-hybridized carbons (Fsp3) is 0.571. The fourth-order valence-corrected chi connectivity index (χ4v) is 6.08. The van der Waals surface area contributed by atoms with Crippen molar-refractivity contribution in [2.45, 2.75) is 112 Å². The second kappa shape index (κ2) is 17.9. The highest BCUT2D eigenvalue weighted by Gasteiger charge is 2.53. The molecule has 3 heterocycles. The predicted octanol–water partition coefficient (Wildman–Crippen LogP) is -2.16. The van der Waals surface area contributed by atoms with E-state index in [0.29, 0.717) is 5.56 Å². The first-order valence-electron chi connectivity index (χ1n) is 17.1. The number of esters is 1.